The zero-order valence-electron chi connectivity index (χ0n) is 56.2. The highest BCUT2D eigenvalue weighted by Crippen LogP contribution is 2.16. The van der Waals surface area contributed by atoms with Crippen LogP contribution in [-0.2, 0) is 73.6 Å². The number of aliphatic carboxylic acids is 1. The number of benzene rings is 4. The molecule has 10 atom stereocenters. The molecule has 0 fully saturated rings. The summed E-state index contributed by atoms with van der Waals surface area (Å²) in [5.41, 5.74) is 31.9. The monoisotopic (exact) mass is 1330 g/mol. The molecule has 0 spiro atoms. The van der Waals surface area contributed by atoms with Gasteiger partial charge in [0.15, 0.2) is 0 Å². The Balaban J connectivity index is 1.69. The minimum Gasteiger partial charge on any atom is -0.480 e. The van der Waals surface area contributed by atoms with Crippen LogP contribution in [0.4, 0.5) is 0 Å². The fourth-order valence-corrected chi connectivity index (χ4v) is 10.8. The van der Waals surface area contributed by atoms with Gasteiger partial charge in [0.25, 0.3) is 0 Å². The quantitative estimate of drug-likeness (QED) is 0.0281. The molecule has 0 radical (unpaired) electrons. The molecule has 4 aromatic rings. The Morgan fingerprint density at radius 1 is 0.323 bits per heavy atom. The zero-order chi connectivity index (χ0) is 70.4. The van der Waals surface area contributed by atoms with E-state index in [1.54, 1.807) is 135 Å². The molecule has 0 bridgehead atoms. The van der Waals surface area contributed by atoms with Crippen LogP contribution in [-0.4, -0.2) is 151 Å². The number of rotatable bonds is 46. The van der Waals surface area contributed by atoms with Gasteiger partial charge < -0.3 is 81.6 Å². The van der Waals surface area contributed by atoms with Crippen molar-refractivity contribution >= 4 is 59.1 Å². The molecule has 0 heterocycles. The maximum Gasteiger partial charge on any atom is 0.326 e. The van der Waals surface area contributed by atoms with Gasteiger partial charge >= 0.3 is 5.97 Å². The fraction of sp³-hybridized carbons (Fsp3) is 0.521. The van der Waals surface area contributed by atoms with Gasteiger partial charge in [-0.15, -0.1) is 0 Å². The minimum absolute atomic E-state index is 0.0332. The maximum absolute atomic E-state index is 15.1. The number of unbranched alkanes of at least 4 members (excludes halogenated alkanes) is 4. The number of nitrogens with two attached hydrogens (primary N) is 5. The summed E-state index contributed by atoms with van der Waals surface area (Å²) >= 11 is 0. The Hall–Kier alpha value is -8.62. The molecule has 526 valence electrons. The van der Waals surface area contributed by atoms with E-state index in [-0.39, 0.29) is 70.4 Å². The van der Waals surface area contributed by atoms with E-state index in [0.717, 1.165) is 0 Å². The average Bonchev–Trinajstić information content (AvgIpc) is 1.02. The Bertz CT molecular complexity index is 3020. The summed E-state index contributed by atoms with van der Waals surface area (Å²) in [6.07, 6.45) is 4.34. The first kappa shape index (κ1) is 79.8. The number of carboxylic acid groups (broad SMARTS) is 1. The molecule has 0 aliphatic rings. The third-order valence-electron chi connectivity index (χ3n) is 16.3. The summed E-state index contributed by atoms with van der Waals surface area (Å²) in [5, 5.41) is 35.3. The zero-order valence-corrected chi connectivity index (χ0v) is 56.2. The van der Waals surface area contributed by atoms with Gasteiger partial charge in [0.1, 0.15) is 54.4 Å². The van der Waals surface area contributed by atoms with Crippen molar-refractivity contribution in [1.82, 2.24) is 47.9 Å². The standard InChI is InChI=1S/C71H106N14O11/c1-46(2)41-56(84-70(94)61(47(3)4)85-62(86)52(76)33-17-21-37-72)65(89)77-53(34-18-22-38-73)63(87)80-59(44-50-29-13-7-14-30-50)68(92)82-57(42-48-25-9-5-10-26-48)66(90)78-54(35-19-23-39-74)64(88)81-60(45-51-31-15-8-16-32-51)69(93)83-58(43-49-27-11-6-12-28-49)67(91)79-55(71(95)96)36-20-24-40-75/h5-16,25-32,46-47,52-61H,17-24,33-45,72-76H2,1-4H3,(H,77,89)(H,78,90)(H,79,91)(H,80,87)(H,81,88)(H,82,92)(H,83,93)(H,84,94)(H,85,86)(H,95,96)/t52-,53-,54-,55-,56-,57-,58-,59-,60-,61-/m0/s1. The van der Waals surface area contributed by atoms with Crippen LogP contribution >= 0.6 is 0 Å². The van der Waals surface area contributed by atoms with Gasteiger partial charge in [-0.2, -0.15) is 0 Å². The smallest absolute Gasteiger partial charge is 0.326 e. The van der Waals surface area contributed by atoms with Crippen molar-refractivity contribution in [2.45, 2.75) is 197 Å². The molecule has 0 aromatic heterocycles. The first-order valence-corrected chi connectivity index (χ1v) is 33.7. The Labute approximate surface area is 565 Å². The lowest BCUT2D eigenvalue weighted by molar-refractivity contribution is -0.142. The van der Waals surface area contributed by atoms with E-state index in [4.69, 9.17) is 28.7 Å². The molecule has 0 unspecified atom stereocenters. The number of hydrogen-bond acceptors (Lipinski definition) is 15. The van der Waals surface area contributed by atoms with Gasteiger partial charge in [-0.25, -0.2) is 4.79 Å². The average molecular weight is 1330 g/mol. The number of carbonyl (C=O) groups is 10. The largest absolute Gasteiger partial charge is 0.480 e. The highest BCUT2D eigenvalue weighted by Gasteiger charge is 2.37. The summed E-state index contributed by atoms with van der Waals surface area (Å²) < 4.78 is 0. The highest BCUT2D eigenvalue weighted by molar-refractivity contribution is 5.99. The first-order chi connectivity index (χ1) is 46.1. The lowest BCUT2D eigenvalue weighted by Crippen LogP contribution is -2.61. The lowest BCUT2D eigenvalue weighted by Gasteiger charge is -2.29. The van der Waals surface area contributed by atoms with Crippen molar-refractivity contribution in [2.24, 2.45) is 40.5 Å². The van der Waals surface area contributed by atoms with Gasteiger partial charge in [-0.3, -0.25) is 43.2 Å². The van der Waals surface area contributed by atoms with E-state index in [2.05, 4.69) is 47.9 Å². The van der Waals surface area contributed by atoms with Crippen molar-refractivity contribution in [3.63, 3.8) is 0 Å². The number of amides is 9. The lowest BCUT2D eigenvalue weighted by atomic mass is 9.98. The van der Waals surface area contributed by atoms with Crippen LogP contribution in [0.3, 0.4) is 0 Å². The molecule has 0 aliphatic heterocycles. The van der Waals surface area contributed by atoms with Crippen LogP contribution in [0.5, 0.6) is 0 Å². The number of nitrogens with one attached hydrogen (secondary N) is 9. The summed E-state index contributed by atoms with van der Waals surface area (Å²) in [4.78, 5) is 143. The minimum atomic E-state index is -1.39. The van der Waals surface area contributed by atoms with E-state index in [1.165, 1.54) is 0 Å². The molecule has 0 aliphatic carbocycles. The van der Waals surface area contributed by atoms with Gasteiger partial charge in [0.2, 0.25) is 53.2 Å². The summed E-state index contributed by atoms with van der Waals surface area (Å²) in [7, 11) is 0. The van der Waals surface area contributed by atoms with E-state index in [9.17, 15) is 43.5 Å². The summed E-state index contributed by atoms with van der Waals surface area (Å²) in [6.45, 7) is 8.52. The van der Waals surface area contributed by atoms with Crippen LogP contribution in [0.25, 0.3) is 0 Å². The van der Waals surface area contributed by atoms with Crippen molar-refractivity contribution in [3.05, 3.63) is 144 Å². The number of carbonyl (C=O) groups excluding carboxylic acids is 9. The topological polar surface area (TPSA) is 429 Å². The third-order valence-corrected chi connectivity index (χ3v) is 16.3. The maximum atomic E-state index is 15.1. The molecule has 25 nitrogen and oxygen atoms in total. The predicted octanol–water partition coefficient (Wildman–Crippen LogP) is 1.95. The van der Waals surface area contributed by atoms with Crippen molar-refractivity contribution in [2.75, 3.05) is 26.2 Å². The number of hydrogen-bond donors (Lipinski definition) is 15. The molecular formula is C71H106N14O11. The second-order valence-electron chi connectivity index (χ2n) is 25.2. The summed E-state index contributed by atoms with van der Waals surface area (Å²) in [5.74, 6) is -8.27. The Kier molecular flexibility index (Phi) is 36.7. The van der Waals surface area contributed by atoms with Crippen LogP contribution in [0.2, 0.25) is 0 Å². The first-order valence-electron chi connectivity index (χ1n) is 33.7. The molecule has 4 aromatic carbocycles. The molecule has 25 heteroatoms. The number of carboxylic acids is 1. The van der Waals surface area contributed by atoms with Crippen molar-refractivity contribution < 1.29 is 53.1 Å². The van der Waals surface area contributed by atoms with Crippen molar-refractivity contribution in [3.8, 4) is 0 Å². The Morgan fingerprint density at radius 3 is 0.875 bits per heavy atom. The fourth-order valence-electron chi connectivity index (χ4n) is 10.8. The highest BCUT2D eigenvalue weighted by atomic mass is 16.4. The van der Waals surface area contributed by atoms with Gasteiger partial charge in [0, 0.05) is 25.7 Å². The van der Waals surface area contributed by atoms with E-state index >= 15 is 9.59 Å². The normalized spacial score (nSPS) is 14.4. The molecule has 96 heavy (non-hydrogen) atoms. The second kappa shape index (κ2) is 44.2. The van der Waals surface area contributed by atoms with Crippen LogP contribution in [0, 0.1) is 11.8 Å². The molecule has 0 saturated heterocycles. The van der Waals surface area contributed by atoms with Crippen LogP contribution in [0.1, 0.15) is 133 Å². The van der Waals surface area contributed by atoms with Gasteiger partial charge in [0.05, 0.1) is 6.04 Å². The Morgan fingerprint density at radius 2 is 0.583 bits per heavy atom. The molecule has 4 rings (SSSR count). The molecule has 20 N–H and O–H groups in total. The predicted molar refractivity (Wildman–Crippen MR) is 369 cm³/mol. The van der Waals surface area contributed by atoms with Crippen LogP contribution < -0.4 is 76.5 Å². The van der Waals surface area contributed by atoms with E-state index in [0.29, 0.717) is 93.1 Å². The van der Waals surface area contributed by atoms with Crippen LogP contribution in [0.15, 0.2) is 121 Å². The summed E-state index contributed by atoms with van der Waals surface area (Å²) in [6, 6.07) is 22.9. The second-order valence-corrected chi connectivity index (χ2v) is 25.2. The molecule has 0 saturated carbocycles. The molecular weight excluding hydrogens is 1220 g/mol. The SMILES string of the molecule is CC(C)C[C@H](NC(=O)[C@@H](NC(=O)[C@@H](N)CCCCN)C(C)C)C(=O)N[C@@H](CCCCN)C(=O)N[C@@H](Cc1ccccc1)C(=O)N[C@@H](Cc1ccccc1)C(=O)N[C@@H](CCCCN)C(=O)N[C@@H](Cc1ccccc1)C(=O)N[C@@H](Cc1ccccc1)C(=O)N[C@@H](CCCCN)C(=O)O. The van der Waals surface area contributed by atoms with Gasteiger partial charge in [-0.1, -0.05) is 155 Å². The van der Waals surface area contributed by atoms with Crippen molar-refractivity contribution in [1.29, 1.82) is 0 Å². The van der Waals surface area contributed by atoms with Gasteiger partial charge in [-0.05, 0) is 137 Å². The third kappa shape index (κ3) is 29.6. The molecule has 9 amide bonds. The van der Waals surface area contributed by atoms with E-state index < -0.39 is 125 Å². The van der Waals surface area contributed by atoms with E-state index in [1.807, 2.05) is 13.8 Å².